The topological polar surface area (TPSA) is 155 Å². The van der Waals surface area contributed by atoms with Gasteiger partial charge in [-0.2, -0.15) is 5.26 Å². The van der Waals surface area contributed by atoms with Crippen molar-refractivity contribution in [2.45, 2.75) is 19.3 Å². The molecule has 1 saturated heterocycles. The van der Waals surface area contributed by atoms with E-state index in [-0.39, 0.29) is 29.5 Å². The summed E-state index contributed by atoms with van der Waals surface area (Å²) in [5.41, 5.74) is 8.98. The number of aromatic hydroxyl groups is 1. The maximum atomic E-state index is 12.6. The van der Waals surface area contributed by atoms with Crippen LogP contribution in [0.2, 0.25) is 0 Å². The number of carbonyl (C=O) groups excluding carboxylic acids is 2. The molecule has 1 aliphatic rings. The standard InChI is InChI=1S/C27H27N5O4/c28-16-22-21(15-23(31-26(22)29)20-6-1-2-7-24(20)33)18-4-3-5-19(14-18)30-25(34)10-13-32-11-8-17(9-12-32)27(35)36/h1-7,14-15,17,33H,8-13H2,(H2,29,31)(H,30,34)(H,35,36)/p-1. The quantitative estimate of drug-likeness (QED) is 0.461. The summed E-state index contributed by atoms with van der Waals surface area (Å²) in [6, 6.07) is 17.6. The van der Waals surface area contributed by atoms with Crippen LogP contribution in [-0.4, -0.2) is 46.5 Å². The van der Waals surface area contributed by atoms with Gasteiger partial charge in [-0.05, 0) is 61.8 Å². The van der Waals surface area contributed by atoms with E-state index >= 15 is 0 Å². The van der Waals surface area contributed by atoms with Crippen LogP contribution in [0.5, 0.6) is 5.75 Å². The van der Waals surface area contributed by atoms with Crippen LogP contribution in [0.1, 0.15) is 24.8 Å². The lowest BCUT2D eigenvalue weighted by Gasteiger charge is -2.32. The van der Waals surface area contributed by atoms with E-state index in [1.807, 2.05) is 0 Å². The molecule has 0 spiro atoms. The van der Waals surface area contributed by atoms with Crippen molar-refractivity contribution in [2.75, 3.05) is 30.7 Å². The Bertz CT molecular complexity index is 1330. The van der Waals surface area contributed by atoms with Gasteiger partial charge in [0.1, 0.15) is 23.2 Å². The third-order valence-corrected chi connectivity index (χ3v) is 6.37. The van der Waals surface area contributed by atoms with Crippen molar-refractivity contribution in [3.8, 4) is 34.2 Å². The Morgan fingerprint density at radius 1 is 1.14 bits per heavy atom. The fourth-order valence-electron chi connectivity index (χ4n) is 4.38. The molecule has 36 heavy (non-hydrogen) atoms. The number of pyridine rings is 1. The van der Waals surface area contributed by atoms with Crippen molar-refractivity contribution >= 4 is 23.4 Å². The van der Waals surface area contributed by atoms with Gasteiger partial charge in [-0.25, -0.2) is 4.98 Å². The molecular formula is C27H26N5O4-. The van der Waals surface area contributed by atoms with E-state index < -0.39 is 11.9 Å². The Kier molecular flexibility index (Phi) is 7.47. The minimum Gasteiger partial charge on any atom is -0.550 e. The summed E-state index contributed by atoms with van der Waals surface area (Å²) in [7, 11) is 0. The second-order valence-electron chi connectivity index (χ2n) is 8.76. The van der Waals surface area contributed by atoms with Gasteiger partial charge in [-0.15, -0.1) is 0 Å². The first-order valence-electron chi connectivity index (χ1n) is 11.7. The number of phenolic OH excluding ortho intramolecular Hbond substituents is 1. The number of nitrogens with zero attached hydrogens (tertiary/aromatic N) is 3. The summed E-state index contributed by atoms with van der Waals surface area (Å²) in [4.78, 5) is 29.9. The molecule has 2 heterocycles. The van der Waals surface area contributed by atoms with Crippen LogP contribution in [0.15, 0.2) is 54.6 Å². The van der Waals surface area contributed by atoms with Crippen LogP contribution in [0, 0.1) is 17.2 Å². The van der Waals surface area contributed by atoms with E-state index in [4.69, 9.17) is 5.73 Å². The minimum absolute atomic E-state index is 0.0462. The van der Waals surface area contributed by atoms with E-state index in [0.717, 1.165) is 0 Å². The number of carboxylic acids is 1. The Morgan fingerprint density at radius 2 is 1.89 bits per heavy atom. The molecule has 0 atom stereocenters. The van der Waals surface area contributed by atoms with Crippen LogP contribution >= 0.6 is 0 Å². The number of anilines is 2. The second-order valence-corrected chi connectivity index (χ2v) is 8.76. The Morgan fingerprint density at radius 3 is 2.58 bits per heavy atom. The van der Waals surface area contributed by atoms with E-state index in [0.29, 0.717) is 60.5 Å². The number of amides is 1. The number of hydrogen-bond acceptors (Lipinski definition) is 8. The van der Waals surface area contributed by atoms with Gasteiger partial charge in [0.2, 0.25) is 5.91 Å². The number of likely N-dealkylation sites (tertiary alicyclic amines) is 1. The molecule has 4 N–H and O–H groups in total. The number of aliphatic carboxylic acids is 1. The van der Waals surface area contributed by atoms with E-state index in [9.17, 15) is 25.1 Å². The molecule has 1 aliphatic heterocycles. The molecule has 1 fully saturated rings. The number of aromatic nitrogens is 1. The maximum absolute atomic E-state index is 12.6. The zero-order valence-corrected chi connectivity index (χ0v) is 19.6. The van der Waals surface area contributed by atoms with E-state index in [1.165, 1.54) is 0 Å². The number of nitrogens with one attached hydrogen (secondary N) is 1. The molecule has 184 valence electrons. The lowest BCUT2D eigenvalue weighted by molar-refractivity contribution is -0.312. The number of carboxylic acid groups (broad SMARTS) is 1. The first-order chi connectivity index (χ1) is 17.4. The molecule has 3 aromatic rings. The van der Waals surface area contributed by atoms with E-state index in [1.54, 1.807) is 54.6 Å². The fourth-order valence-corrected chi connectivity index (χ4v) is 4.38. The third-order valence-electron chi connectivity index (χ3n) is 6.37. The molecule has 0 saturated carbocycles. The number of benzene rings is 2. The molecule has 0 aliphatic carbocycles. The molecule has 9 nitrogen and oxygen atoms in total. The van der Waals surface area contributed by atoms with Gasteiger partial charge in [-0.1, -0.05) is 24.3 Å². The van der Waals surface area contributed by atoms with Crippen LogP contribution in [0.3, 0.4) is 0 Å². The van der Waals surface area contributed by atoms with Crippen molar-refractivity contribution in [3.05, 3.63) is 60.2 Å². The fraction of sp³-hybridized carbons (Fsp3) is 0.259. The summed E-state index contributed by atoms with van der Waals surface area (Å²) in [5.74, 6) is -1.49. The number of hydrogen-bond donors (Lipinski definition) is 3. The van der Waals surface area contributed by atoms with Gasteiger partial charge in [0, 0.05) is 41.7 Å². The van der Waals surface area contributed by atoms with Crippen molar-refractivity contribution < 1.29 is 19.8 Å². The van der Waals surface area contributed by atoms with Gasteiger partial charge in [0.05, 0.1) is 5.69 Å². The number of phenols is 1. The second kappa shape index (κ2) is 10.9. The summed E-state index contributed by atoms with van der Waals surface area (Å²) in [5, 5.41) is 33.8. The number of nitrogen functional groups attached to an aromatic ring is 1. The summed E-state index contributed by atoms with van der Waals surface area (Å²) < 4.78 is 0. The normalized spacial score (nSPS) is 14.2. The number of para-hydroxylation sites is 1. The monoisotopic (exact) mass is 484 g/mol. The molecule has 0 unspecified atom stereocenters. The lowest BCUT2D eigenvalue weighted by atomic mass is 9.97. The van der Waals surface area contributed by atoms with Crippen molar-refractivity contribution in [1.29, 1.82) is 5.26 Å². The molecule has 4 rings (SSSR count). The SMILES string of the molecule is N#Cc1c(-c2cccc(NC(=O)CCN3CCC(C(=O)[O-])CC3)c2)cc(-c2ccccc2O)nc1N. The van der Waals surface area contributed by atoms with Crippen LogP contribution in [0.25, 0.3) is 22.4 Å². The highest BCUT2D eigenvalue weighted by Gasteiger charge is 2.20. The molecular weight excluding hydrogens is 458 g/mol. The number of nitrogens with two attached hydrogens (primary N) is 1. The summed E-state index contributed by atoms with van der Waals surface area (Å²) in [6.07, 6.45) is 1.33. The molecule has 0 bridgehead atoms. The predicted octanol–water partition coefficient (Wildman–Crippen LogP) is 2.37. The molecule has 1 aromatic heterocycles. The van der Waals surface area contributed by atoms with Crippen molar-refractivity contribution in [1.82, 2.24) is 9.88 Å². The number of carbonyl (C=O) groups is 2. The van der Waals surface area contributed by atoms with Crippen molar-refractivity contribution in [3.63, 3.8) is 0 Å². The Labute approximate surface area is 208 Å². The summed E-state index contributed by atoms with van der Waals surface area (Å²) >= 11 is 0. The number of piperidine rings is 1. The zero-order chi connectivity index (χ0) is 25.7. The molecule has 1 amide bonds. The highest BCUT2D eigenvalue weighted by atomic mass is 16.4. The van der Waals surface area contributed by atoms with Crippen LogP contribution < -0.4 is 16.2 Å². The molecule has 2 aromatic carbocycles. The van der Waals surface area contributed by atoms with Gasteiger partial charge in [0.25, 0.3) is 0 Å². The highest BCUT2D eigenvalue weighted by molar-refractivity contribution is 5.92. The lowest BCUT2D eigenvalue weighted by Crippen LogP contribution is -2.42. The maximum Gasteiger partial charge on any atom is 0.225 e. The predicted molar refractivity (Wildman–Crippen MR) is 133 cm³/mol. The average molecular weight is 485 g/mol. The van der Waals surface area contributed by atoms with Crippen molar-refractivity contribution in [2.24, 2.45) is 5.92 Å². The smallest absolute Gasteiger partial charge is 0.225 e. The van der Waals surface area contributed by atoms with Gasteiger partial charge in [0.15, 0.2) is 0 Å². The third kappa shape index (κ3) is 5.62. The average Bonchev–Trinajstić information content (AvgIpc) is 2.87. The minimum atomic E-state index is -1.00. The Hall–Kier alpha value is -4.42. The largest absolute Gasteiger partial charge is 0.550 e. The highest BCUT2D eigenvalue weighted by Crippen LogP contribution is 2.35. The summed E-state index contributed by atoms with van der Waals surface area (Å²) in [6.45, 7) is 1.79. The number of nitriles is 1. The molecule has 0 radical (unpaired) electrons. The van der Waals surface area contributed by atoms with Gasteiger partial charge >= 0.3 is 0 Å². The van der Waals surface area contributed by atoms with Gasteiger partial charge < -0.3 is 31.0 Å². The first kappa shape index (κ1) is 24.7. The van der Waals surface area contributed by atoms with Crippen LogP contribution in [0.4, 0.5) is 11.5 Å². The van der Waals surface area contributed by atoms with E-state index in [2.05, 4.69) is 21.3 Å². The Balaban J connectivity index is 1.49. The molecule has 9 heteroatoms. The van der Waals surface area contributed by atoms with Crippen LogP contribution in [-0.2, 0) is 9.59 Å². The van der Waals surface area contributed by atoms with Gasteiger partial charge in [-0.3, -0.25) is 4.79 Å². The first-order valence-corrected chi connectivity index (χ1v) is 11.7. The number of rotatable bonds is 7. The zero-order valence-electron chi connectivity index (χ0n) is 19.6.